The number of benzene rings is 1. The molecule has 1 aromatic heterocycles. The zero-order valence-electron chi connectivity index (χ0n) is 10.2. The Kier molecular flexibility index (Phi) is 3.85. The molecule has 19 heavy (non-hydrogen) atoms. The molecule has 0 aliphatic carbocycles. The van der Waals surface area contributed by atoms with Gasteiger partial charge in [0.15, 0.2) is 17.9 Å². The van der Waals surface area contributed by atoms with E-state index in [1.807, 2.05) is 0 Å². The van der Waals surface area contributed by atoms with Crippen LogP contribution in [0.15, 0.2) is 30.3 Å². The molecule has 0 saturated carbocycles. The Morgan fingerprint density at radius 3 is 2.79 bits per heavy atom. The van der Waals surface area contributed by atoms with Crippen LogP contribution in [0, 0.1) is 18.6 Å². The van der Waals surface area contributed by atoms with Gasteiger partial charge in [-0.2, -0.15) is 0 Å². The molecule has 0 spiro atoms. The number of hydrogen-bond acceptors (Lipinski definition) is 3. The van der Waals surface area contributed by atoms with Gasteiger partial charge in [0.25, 0.3) is 0 Å². The number of aldehydes is 1. The second kappa shape index (κ2) is 5.56. The average Bonchev–Trinajstić information content (AvgIpc) is 2.41. The number of halogens is 2. The van der Waals surface area contributed by atoms with Crippen LogP contribution < -0.4 is 4.74 Å². The third-order valence-electron chi connectivity index (χ3n) is 2.55. The maximum absolute atomic E-state index is 13.4. The SMILES string of the molecule is Cc1ccc(OCc2cccc(F)c2F)c(C=O)n1. The molecule has 98 valence electrons. The second-order valence-corrected chi connectivity index (χ2v) is 3.96. The third-order valence-corrected chi connectivity index (χ3v) is 2.55. The lowest BCUT2D eigenvalue weighted by atomic mass is 10.2. The Balaban J connectivity index is 2.19. The van der Waals surface area contributed by atoms with Crippen LogP contribution in [0.5, 0.6) is 5.75 Å². The van der Waals surface area contributed by atoms with E-state index in [1.165, 1.54) is 12.1 Å². The quantitative estimate of drug-likeness (QED) is 0.796. The molecule has 0 aliphatic heterocycles. The van der Waals surface area contributed by atoms with E-state index < -0.39 is 11.6 Å². The van der Waals surface area contributed by atoms with E-state index in [0.29, 0.717) is 12.0 Å². The predicted octanol–water partition coefficient (Wildman–Crippen LogP) is 3.06. The highest BCUT2D eigenvalue weighted by atomic mass is 19.2. The lowest BCUT2D eigenvalue weighted by molar-refractivity contribution is 0.111. The normalized spacial score (nSPS) is 10.3. The topological polar surface area (TPSA) is 39.2 Å². The van der Waals surface area contributed by atoms with Crippen LogP contribution in [0.4, 0.5) is 8.78 Å². The van der Waals surface area contributed by atoms with Crippen molar-refractivity contribution < 1.29 is 18.3 Å². The van der Waals surface area contributed by atoms with Crippen LogP contribution in [0.1, 0.15) is 21.7 Å². The van der Waals surface area contributed by atoms with Gasteiger partial charge in [0.1, 0.15) is 18.1 Å². The molecule has 0 bridgehead atoms. The van der Waals surface area contributed by atoms with Gasteiger partial charge in [-0.15, -0.1) is 0 Å². The van der Waals surface area contributed by atoms with Crippen LogP contribution >= 0.6 is 0 Å². The van der Waals surface area contributed by atoms with E-state index in [-0.39, 0.29) is 23.6 Å². The van der Waals surface area contributed by atoms with Crippen molar-refractivity contribution in [2.75, 3.05) is 0 Å². The molecule has 0 fully saturated rings. The summed E-state index contributed by atoms with van der Waals surface area (Å²) in [6, 6.07) is 7.09. The second-order valence-electron chi connectivity index (χ2n) is 3.96. The smallest absolute Gasteiger partial charge is 0.172 e. The molecule has 5 heteroatoms. The van der Waals surface area contributed by atoms with Gasteiger partial charge >= 0.3 is 0 Å². The summed E-state index contributed by atoms with van der Waals surface area (Å²) in [6.45, 7) is 1.57. The first-order valence-corrected chi connectivity index (χ1v) is 5.60. The fraction of sp³-hybridized carbons (Fsp3) is 0.143. The van der Waals surface area contributed by atoms with Gasteiger partial charge in [-0.05, 0) is 25.1 Å². The summed E-state index contributed by atoms with van der Waals surface area (Å²) in [5, 5.41) is 0. The summed E-state index contributed by atoms with van der Waals surface area (Å²) in [4.78, 5) is 14.8. The van der Waals surface area contributed by atoms with Crippen molar-refractivity contribution in [3.8, 4) is 5.75 Å². The molecular formula is C14H11F2NO2. The van der Waals surface area contributed by atoms with E-state index in [2.05, 4.69) is 4.98 Å². The van der Waals surface area contributed by atoms with Crippen molar-refractivity contribution in [1.82, 2.24) is 4.98 Å². The summed E-state index contributed by atoms with van der Waals surface area (Å²) in [5.41, 5.74) is 0.889. The van der Waals surface area contributed by atoms with Crippen molar-refractivity contribution in [3.05, 3.63) is 58.9 Å². The average molecular weight is 263 g/mol. The van der Waals surface area contributed by atoms with Gasteiger partial charge in [0.2, 0.25) is 0 Å². The van der Waals surface area contributed by atoms with Gasteiger partial charge in [0.05, 0.1) is 0 Å². The van der Waals surface area contributed by atoms with Gasteiger partial charge in [-0.25, -0.2) is 13.8 Å². The minimum atomic E-state index is -0.949. The fourth-order valence-corrected chi connectivity index (χ4v) is 1.59. The fourth-order valence-electron chi connectivity index (χ4n) is 1.59. The number of hydrogen-bond donors (Lipinski definition) is 0. The number of pyridine rings is 1. The molecule has 0 atom stereocenters. The lowest BCUT2D eigenvalue weighted by Crippen LogP contribution is -2.03. The molecule has 1 aromatic carbocycles. The number of aryl methyl sites for hydroxylation is 1. The molecule has 0 N–H and O–H groups in total. The van der Waals surface area contributed by atoms with Crippen LogP contribution in [0.2, 0.25) is 0 Å². The first kappa shape index (κ1) is 13.1. The van der Waals surface area contributed by atoms with E-state index in [0.717, 1.165) is 6.07 Å². The first-order chi connectivity index (χ1) is 9.11. The van der Waals surface area contributed by atoms with Gasteiger partial charge < -0.3 is 4.74 Å². The maximum atomic E-state index is 13.4. The van der Waals surface area contributed by atoms with Crippen LogP contribution in [0.25, 0.3) is 0 Å². The Labute approximate surface area is 108 Å². The molecule has 0 aliphatic rings. The van der Waals surface area contributed by atoms with E-state index in [4.69, 9.17) is 4.74 Å². The summed E-state index contributed by atoms with van der Waals surface area (Å²) in [5.74, 6) is -1.64. The molecule has 2 aromatic rings. The van der Waals surface area contributed by atoms with E-state index >= 15 is 0 Å². The van der Waals surface area contributed by atoms with Crippen LogP contribution in [-0.4, -0.2) is 11.3 Å². The summed E-state index contributed by atoms with van der Waals surface area (Å²) in [6.07, 6.45) is 0.560. The van der Waals surface area contributed by atoms with Crippen LogP contribution in [0.3, 0.4) is 0 Å². The van der Waals surface area contributed by atoms with Crippen molar-refractivity contribution in [2.24, 2.45) is 0 Å². The highest BCUT2D eigenvalue weighted by Gasteiger charge is 2.10. The molecule has 0 saturated heterocycles. The van der Waals surface area contributed by atoms with Gasteiger partial charge in [-0.3, -0.25) is 4.79 Å². The molecular weight excluding hydrogens is 252 g/mol. The molecule has 1 heterocycles. The molecule has 0 unspecified atom stereocenters. The van der Waals surface area contributed by atoms with Gasteiger partial charge in [-0.1, -0.05) is 12.1 Å². The number of rotatable bonds is 4. The summed E-state index contributed by atoms with van der Waals surface area (Å²) in [7, 11) is 0. The number of carbonyl (C=O) groups is 1. The number of nitrogens with zero attached hydrogens (tertiary/aromatic N) is 1. The van der Waals surface area contributed by atoms with Crippen molar-refractivity contribution in [1.29, 1.82) is 0 Å². The zero-order chi connectivity index (χ0) is 13.8. The monoisotopic (exact) mass is 263 g/mol. The highest BCUT2D eigenvalue weighted by molar-refractivity contribution is 5.76. The minimum absolute atomic E-state index is 0.0809. The Morgan fingerprint density at radius 1 is 1.26 bits per heavy atom. The molecule has 0 amide bonds. The number of carbonyl (C=O) groups excluding carboxylic acids is 1. The first-order valence-electron chi connectivity index (χ1n) is 5.60. The summed E-state index contributed by atoms with van der Waals surface area (Å²) < 4.78 is 31.7. The lowest BCUT2D eigenvalue weighted by Gasteiger charge is -2.09. The number of aromatic nitrogens is 1. The van der Waals surface area contributed by atoms with E-state index in [1.54, 1.807) is 19.1 Å². The Morgan fingerprint density at radius 2 is 2.05 bits per heavy atom. The van der Waals surface area contributed by atoms with Crippen molar-refractivity contribution >= 4 is 6.29 Å². The highest BCUT2D eigenvalue weighted by Crippen LogP contribution is 2.18. The largest absolute Gasteiger partial charge is 0.486 e. The Bertz CT molecular complexity index is 614. The van der Waals surface area contributed by atoms with Crippen molar-refractivity contribution in [2.45, 2.75) is 13.5 Å². The molecule has 2 rings (SSSR count). The van der Waals surface area contributed by atoms with E-state index in [9.17, 15) is 13.6 Å². The molecule has 0 radical (unpaired) electrons. The zero-order valence-corrected chi connectivity index (χ0v) is 10.2. The summed E-state index contributed by atoms with van der Waals surface area (Å²) >= 11 is 0. The minimum Gasteiger partial charge on any atom is -0.486 e. The van der Waals surface area contributed by atoms with Crippen LogP contribution in [-0.2, 0) is 6.61 Å². The number of ether oxygens (including phenoxy) is 1. The predicted molar refractivity (Wildman–Crippen MR) is 65.1 cm³/mol. The van der Waals surface area contributed by atoms with Crippen molar-refractivity contribution in [3.63, 3.8) is 0 Å². The van der Waals surface area contributed by atoms with Gasteiger partial charge in [0, 0.05) is 11.3 Å². The maximum Gasteiger partial charge on any atom is 0.172 e. The standard InChI is InChI=1S/C14H11F2NO2/c1-9-5-6-13(12(7-18)17-9)19-8-10-3-2-4-11(15)14(10)16/h2-7H,8H2,1H3. The third kappa shape index (κ3) is 2.93. The molecule has 3 nitrogen and oxygen atoms in total. The Hall–Kier alpha value is -2.30.